The van der Waals surface area contributed by atoms with Crippen molar-refractivity contribution in [2.75, 3.05) is 5.73 Å². The Hall–Kier alpha value is -1.78. The van der Waals surface area contributed by atoms with Gasteiger partial charge in [-0.15, -0.1) is 0 Å². The molecule has 0 aliphatic rings. The number of rotatable bonds is 2. The predicted octanol–water partition coefficient (Wildman–Crippen LogP) is 3.34. The molecule has 2 aromatic rings. The second-order valence-electron chi connectivity index (χ2n) is 3.59. The van der Waals surface area contributed by atoms with Crippen molar-refractivity contribution in [2.45, 2.75) is 0 Å². The number of hydrogen-bond donors (Lipinski definition) is 2. The summed E-state index contributed by atoms with van der Waals surface area (Å²) >= 11 is 11.8. The normalized spacial score (nSPS) is 10.3. The summed E-state index contributed by atoms with van der Waals surface area (Å²) in [6.07, 6.45) is 1.24. The van der Waals surface area contributed by atoms with Crippen LogP contribution in [0, 0.1) is 0 Å². The van der Waals surface area contributed by atoms with Gasteiger partial charge in [0.1, 0.15) is 0 Å². The molecule has 18 heavy (non-hydrogen) atoms. The summed E-state index contributed by atoms with van der Waals surface area (Å²) in [7, 11) is 0. The van der Waals surface area contributed by atoms with Crippen molar-refractivity contribution in [1.82, 2.24) is 4.98 Å². The lowest BCUT2D eigenvalue weighted by Crippen LogP contribution is -2.01. The Morgan fingerprint density at radius 3 is 2.56 bits per heavy atom. The molecule has 0 spiro atoms. The zero-order valence-corrected chi connectivity index (χ0v) is 10.5. The first-order chi connectivity index (χ1) is 8.49. The van der Waals surface area contributed by atoms with Gasteiger partial charge in [0.25, 0.3) is 0 Å². The standard InChI is InChI=1S/C12H8Cl2N2O2/c13-7-1-2-8(9(14)4-7)11-10(15)3-6(5-16-11)12(17)18/h1-5H,15H2,(H,17,18). The van der Waals surface area contributed by atoms with Crippen LogP contribution in [-0.4, -0.2) is 16.1 Å². The van der Waals surface area contributed by atoms with Crippen molar-refractivity contribution in [2.24, 2.45) is 0 Å². The van der Waals surface area contributed by atoms with Crippen LogP contribution in [0.4, 0.5) is 5.69 Å². The number of halogens is 2. The number of aromatic carboxylic acids is 1. The van der Waals surface area contributed by atoms with Gasteiger partial charge in [0.15, 0.2) is 0 Å². The molecule has 0 aliphatic heterocycles. The van der Waals surface area contributed by atoms with Gasteiger partial charge in [0.2, 0.25) is 0 Å². The maximum atomic E-state index is 10.8. The second-order valence-corrected chi connectivity index (χ2v) is 4.43. The minimum absolute atomic E-state index is 0.0290. The van der Waals surface area contributed by atoms with Gasteiger partial charge in [-0.2, -0.15) is 0 Å². The fourth-order valence-corrected chi connectivity index (χ4v) is 2.00. The first-order valence-electron chi connectivity index (χ1n) is 4.93. The van der Waals surface area contributed by atoms with Gasteiger partial charge in [-0.3, -0.25) is 4.98 Å². The average Bonchev–Trinajstić information content (AvgIpc) is 2.30. The van der Waals surface area contributed by atoms with Gasteiger partial charge in [0.05, 0.1) is 22.0 Å². The van der Waals surface area contributed by atoms with Crippen LogP contribution in [0.15, 0.2) is 30.5 Å². The van der Waals surface area contributed by atoms with Crippen LogP contribution in [0.25, 0.3) is 11.3 Å². The molecule has 0 radical (unpaired) electrons. The minimum Gasteiger partial charge on any atom is -0.478 e. The molecule has 92 valence electrons. The molecule has 6 heteroatoms. The Labute approximate surface area is 113 Å². The highest BCUT2D eigenvalue weighted by Gasteiger charge is 2.12. The summed E-state index contributed by atoms with van der Waals surface area (Å²) in [5.74, 6) is -1.08. The number of aromatic nitrogens is 1. The third kappa shape index (κ3) is 2.39. The van der Waals surface area contributed by atoms with Gasteiger partial charge >= 0.3 is 5.97 Å². The third-order valence-corrected chi connectivity index (χ3v) is 2.90. The van der Waals surface area contributed by atoms with Crippen LogP contribution in [0.1, 0.15) is 10.4 Å². The molecule has 0 unspecified atom stereocenters. The molecular weight excluding hydrogens is 275 g/mol. The van der Waals surface area contributed by atoms with Crippen molar-refractivity contribution in [1.29, 1.82) is 0 Å². The molecule has 1 heterocycles. The number of nitrogens with zero attached hydrogens (tertiary/aromatic N) is 1. The van der Waals surface area contributed by atoms with Crippen LogP contribution in [-0.2, 0) is 0 Å². The van der Waals surface area contributed by atoms with Crippen molar-refractivity contribution >= 4 is 34.9 Å². The molecule has 0 fully saturated rings. The van der Waals surface area contributed by atoms with Crippen molar-refractivity contribution in [3.8, 4) is 11.3 Å². The number of hydrogen-bond acceptors (Lipinski definition) is 3. The molecule has 0 saturated heterocycles. The number of carboxylic acid groups (broad SMARTS) is 1. The summed E-state index contributed by atoms with van der Waals surface area (Å²) in [4.78, 5) is 14.8. The SMILES string of the molecule is Nc1cc(C(=O)O)cnc1-c1ccc(Cl)cc1Cl. The fraction of sp³-hybridized carbons (Fsp3) is 0. The number of benzene rings is 1. The van der Waals surface area contributed by atoms with E-state index in [-0.39, 0.29) is 11.3 Å². The van der Waals surface area contributed by atoms with Crippen molar-refractivity contribution in [3.63, 3.8) is 0 Å². The van der Waals surface area contributed by atoms with Gasteiger partial charge in [0, 0.05) is 16.8 Å². The summed E-state index contributed by atoms with van der Waals surface area (Å²) < 4.78 is 0. The van der Waals surface area contributed by atoms with Gasteiger partial charge in [-0.05, 0) is 24.3 Å². The van der Waals surface area contributed by atoms with E-state index in [1.807, 2.05) is 0 Å². The Bertz CT molecular complexity index is 629. The fourth-order valence-electron chi connectivity index (χ4n) is 1.51. The van der Waals surface area contributed by atoms with E-state index < -0.39 is 5.97 Å². The largest absolute Gasteiger partial charge is 0.478 e. The van der Waals surface area contributed by atoms with Crippen molar-refractivity contribution < 1.29 is 9.90 Å². The number of anilines is 1. The smallest absolute Gasteiger partial charge is 0.337 e. The number of carbonyl (C=O) groups is 1. The Morgan fingerprint density at radius 1 is 1.28 bits per heavy atom. The molecule has 2 rings (SSSR count). The lowest BCUT2D eigenvalue weighted by Gasteiger charge is -2.08. The number of nitrogens with two attached hydrogens (primary N) is 1. The van der Waals surface area contributed by atoms with Crippen LogP contribution >= 0.6 is 23.2 Å². The molecule has 1 aromatic carbocycles. The van der Waals surface area contributed by atoms with E-state index in [1.165, 1.54) is 12.3 Å². The highest BCUT2D eigenvalue weighted by Crippen LogP contribution is 2.32. The third-order valence-electron chi connectivity index (χ3n) is 2.35. The topological polar surface area (TPSA) is 76.2 Å². The van der Waals surface area contributed by atoms with Crippen LogP contribution in [0.3, 0.4) is 0 Å². The molecule has 1 aromatic heterocycles. The van der Waals surface area contributed by atoms with Gasteiger partial charge in [-0.25, -0.2) is 4.79 Å². The van der Waals surface area contributed by atoms with E-state index in [9.17, 15) is 4.79 Å². The van der Waals surface area contributed by atoms with Crippen molar-refractivity contribution in [3.05, 3.63) is 46.1 Å². The quantitative estimate of drug-likeness (QED) is 0.886. The average molecular weight is 283 g/mol. The molecule has 0 amide bonds. The lowest BCUT2D eigenvalue weighted by atomic mass is 10.1. The van der Waals surface area contributed by atoms with Crippen LogP contribution < -0.4 is 5.73 Å². The van der Waals surface area contributed by atoms with E-state index in [0.717, 1.165) is 0 Å². The molecule has 0 bridgehead atoms. The number of nitrogen functional groups attached to an aromatic ring is 1. The summed E-state index contributed by atoms with van der Waals surface area (Å²) in [5, 5.41) is 9.73. The number of carboxylic acids is 1. The molecule has 3 N–H and O–H groups in total. The Kier molecular flexibility index (Phi) is 3.41. The molecule has 0 atom stereocenters. The first kappa shape index (κ1) is 12.7. The second kappa shape index (κ2) is 4.84. The monoisotopic (exact) mass is 282 g/mol. The highest BCUT2D eigenvalue weighted by molar-refractivity contribution is 6.36. The first-order valence-corrected chi connectivity index (χ1v) is 5.69. The molecular formula is C12H8Cl2N2O2. The van der Waals surface area contributed by atoms with Crippen LogP contribution in [0.5, 0.6) is 0 Å². The Morgan fingerprint density at radius 2 is 2.00 bits per heavy atom. The highest BCUT2D eigenvalue weighted by atomic mass is 35.5. The van der Waals surface area contributed by atoms with E-state index in [0.29, 0.717) is 21.3 Å². The van der Waals surface area contributed by atoms with Gasteiger partial charge in [-0.1, -0.05) is 23.2 Å². The van der Waals surface area contributed by atoms with E-state index in [2.05, 4.69) is 4.98 Å². The van der Waals surface area contributed by atoms with Crippen LogP contribution in [0.2, 0.25) is 10.0 Å². The zero-order valence-electron chi connectivity index (χ0n) is 9.02. The van der Waals surface area contributed by atoms with E-state index >= 15 is 0 Å². The lowest BCUT2D eigenvalue weighted by molar-refractivity contribution is 0.0696. The summed E-state index contributed by atoms with van der Waals surface area (Å²) in [5.41, 5.74) is 7.10. The predicted molar refractivity (Wildman–Crippen MR) is 71.1 cm³/mol. The maximum absolute atomic E-state index is 10.8. The minimum atomic E-state index is -1.08. The maximum Gasteiger partial charge on any atom is 0.337 e. The van der Waals surface area contributed by atoms with E-state index in [1.54, 1.807) is 18.2 Å². The molecule has 0 aliphatic carbocycles. The Balaban J connectivity index is 2.54. The van der Waals surface area contributed by atoms with E-state index in [4.69, 9.17) is 34.0 Å². The van der Waals surface area contributed by atoms with Gasteiger partial charge < -0.3 is 10.8 Å². The zero-order chi connectivity index (χ0) is 13.3. The molecule has 0 saturated carbocycles. The summed E-state index contributed by atoms with van der Waals surface area (Å²) in [6.45, 7) is 0. The number of pyridine rings is 1. The molecule has 4 nitrogen and oxygen atoms in total. The summed E-state index contributed by atoms with van der Waals surface area (Å²) in [6, 6.07) is 6.26.